The number of aliphatic hydroxyl groups excluding tert-OH is 1. The van der Waals surface area contributed by atoms with Crippen molar-refractivity contribution in [3.05, 3.63) is 0 Å². The minimum atomic E-state index is -0.661. The van der Waals surface area contributed by atoms with Gasteiger partial charge in [0.2, 0.25) is 0 Å². The number of hydrogen-bond donors (Lipinski definition) is 1. The largest absolute Gasteiger partial charge is 0.387 e. The van der Waals surface area contributed by atoms with Crippen LogP contribution in [0, 0.1) is 0 Å². The van der Waals surface area contributed by atoms with E-state index in [0.29, 0.717) is 6.61 Å². The zero-order chi connectivity index (χ0) is 9.92. The van der Waals surface area contributed by atoms with Crippen molar-refractivity contribution >= 4 is 0 Å². The smallest absolute Gasteiger partial charge is 0.190 e. The summed E-state index contributed by atoms with van der Waals surface area (Å²) in [5.74, 6) is -0.661. The Morgan fingerprint density at radius 3 is 2.50 bits per heavy atom. The topological polar surface area (TPSA) is 60.5 Å². The molecule has 5 nitrogen and oxygen atoms in total. The van der Waals surface area contributed by atoms with E-state index in [2.05, 4.69) is 0 Å². The van der Waals surface area contributed by atoms with Crippen molar-refractivity contribution in [3.63, 3.8) is 0 Å². The van der Waals surface area contributed by atoms with Crippen LogP contribution in [0.3, 0.4) is 0 Å². The summed E-state index contributed by atoms with van der Waals surface area (Å²) in [7, 11) is 0. The van der Waals surface area contributed by atoms with Gasteiger partial charge in [-0.3, -0.25) is 0 Å². The zero-order valence-electron chi connectivity index (χ0n) is 8.17. The first-order valence-electron chi connectivity index (χ1n) is 4.88. The second-order valence-corrected chi connectivity index (χ2v) is 4.43. The third-order valence-corrected chi connectivity index (χ3v) is 2.78. The fourth-order valence-electron chi connectivity index (χ4n) is 2.07. The molecule has 0 radical (unpaired) electrons. The highest BCUT2D eigenvalue weighted by atomic mass is 16.8. The van der Waals surface area contributed by atoms with Crippen LogP contribution >= 0.6 is 0 Å². The Morgan fingerprint density at radius 1 is 1.21 bits per heavy atom. The molecule has 5 heteroatoms. The standard InChI is InChI=1S/C9H14O5/c1-9(2)13-7-5(10)6(4-3-11-4)12-8(7)14-9/h4-8,10H,3H2,1-2H3/t4-,5+,6+,7+,8+/m1/s1. The summed E-state index contributed by atoms with van der Waals surface area (Å²) < 4.78 is 21.7. The van der Waals surface area contributed by atoms with Crippen LogP contribution in [0.15, 0.2) is 0 Å². The molecule has 0 bridgehead atoms. The predicted octanol–water partition coefficient (Wildman–Crippen LogP) is -0.378. The van der Waals surface area contributed by atoms with Crippen molar-refractivity contribution in [2.75, 3.05) is 6.61 Å². The van der Waals surface area contributed by atoms with Crippen LogP contribution in [0.4, 0.5) is 0 Å². The Bertz CT molecular complexity index is 248. The molecule has 0 unspecified atom stereocenters. The van der Waals surface area contributed by atoms with Gasteiger partial charge < -0.3 is 24.1 Å². The Labute approximate surface area is 81.9 Å². The average Bonchev–Trinajstić information content (AvgIpc) is 2.81. The molecule has 0 saturated carbocycles. The lowest BCUT2D eigenvalue weighted by Crippen LogP contribution is -2.37. The summed E-state index contributed by atoms with van der Waals surface area (Å²) in [5, 5.41) is 9.89. The average molecular weight is 202 g/mol. The van der Waals surface area contributed by atoms with Gasteiger partial charge in [0, 0.05) is 0 Å². The normalized spacial score (nSPS) is 54.6. The Kier molecular flexibility index (Phi) is 1.73. The number of rotatable bonds is 1. The zero-order valence-corrected chi connectivity index (χ0v) is 8.17. The van der Waals surface area contributed by atoms with Crippen LogP contribution in [0.1, 0.15) is 13.8 Å². The Balaban J connectivity index is 1.74. The molecule has 0 aromatic heterocycles. The summed E-state index contributed by atoms with van der Waals surface area (Å²) in [6, 6.07) is 0. The van der Waals surface area contributed by atoms with E-state index >= 15 is 0 Å². The minimum Gasteiger partial charge on any atom is -0.387 e. The van der Waals surface area contributed by atoms with Crippen LogP contribution in [0.2, 0.25) is 0 Å². The van der Waals surface area contributed by atoms with E-state index in [9.17, 15) is 5.11 Å². The first-order chi connectivity index (χ1) is 6.57. The fourth-order valence-corrected chi connectivity index (χ4v) is 2.07. The second kappa shape index (κ2) is 2.68. The fraction of sp³-hybridized carbons (Fsp3) is 1.00. The molecule has 0 aromatic rings. The van der Waals surface area contributed by atoms with Gasteiger partial charge in [-0.05, 0) is 13.8 Å². The summed E-state index contributed by atoms with van der Waals surface area (Å²) in [6.07, 6.45) is -1.74. The number of hydrogen-bond acceptors (Lipinski definition) is 5. The third-order valence-electron chi connectivity index (χ3n) is 2.78. The molecule has 3 heterocycles. The summed E-state index contributed by atoms with van der Waals surface area (Å²) in [6.45, 7) is 4.28. The molecule has 0 aliphatic carbocycles. The third kappa shape index (κ3) is 1.28. The highest BCUT2D eigenvalue weighted by Crippen LogP contribution is 2.40. The molecule has 5 atom stereocenters. The molecular formula is C9H14O5. The molecule has 3 fully saturated rings. The van der Waals surface area contributed by atoms with Crippen LogP contribution in [0.25, 0.3) is 0 Å². The number of ether oxygens (including phenoxy) is 4. The predicted molar refractivity (Wildman–Crippen MR) is 44.4 cm³/mol. The van der Waals surface area contributed by atoms with E-state index in [-0.39, 0.29) is 18.3 Å². The molecule has 3 rings (SSSR count). The van der Waals surface area contributed by atoms with Gasteiger partial charge in [0.1, 0.15) is 24.4 Å². The van der Waals surface area contributed by atoms with Crippen LogP contribution in [-0.4, -0.2) is 48.2 Å². The van der Waals surface area contributed by atoms with Gasteiger partial charge in [-0.25, -0.2) is 0 Å². The lowest BCUT2D eigenvalue weighted by molar-refractivity contribution is -0.216. The van der Waals surface area contributed by atoms with E-state index in [0.717, 1.165) is 0 Å². The van der Waals surface area contributed by atoms with Crippen molar-refractivity contribution in [3.8, 4) is 0 Å². The molecule has 14 heavy (non-hydrogen) atoms. The van der Waals surface area contributed by atoms with Crippen molar-refractivity contribution in [2.45, 2.75) is 50.3 Å². The summed E-state index contributed by atoms with van der Waals surface area (Å²) in [5.41, 5.74) is 0. The van der Waals surface area contributed by atoms with Gasteiger partial charge in [-0.2, -0.15) is 0 Å². The molecule has 0 amide bonds. The molecule has 3 aliphatic heterocycles. The van der Waals surface area contributed by atoms with Crippen molar-refractivity contribution < 1.29 is 24.1 Å². The van der Waals surface area contributed by atoms with Crippen LogP contribution < -0.4 is 0 Å². The minimum absolute atomic E-state index is 0.0194. The molecule has 0 aromatic carbocycles. The number of fused-ring (bicyclic) bond motifs is 1. The SMILES string of the molecule is CC1(C)O[C@@H]2O[C@@H]([C@H]3CO3)[C@H](O)[C@@H]2O1. The van der Waals surface area contributed by atoms with E-state index < -0.39 is 18.2 Å². The first kappa shape index (κ1) is 9.06. The molecule has 3 aliphatic rings. The lowest BCUT2D eigenvalue weighted by Gasteiger charge is -2.21. The van der Waals surface area contributed by atoms with Gasteiger partial charge in [0.15, 0.2) is 12.1 Å². The van der Waals surface area contributed by atoms with E-state index in [1.165, 1.54) is 0 Å². The second-order valence-electron chi connectivity index (χ2n) is 4.43. The van der Waals surface area contributed by atoms with Crippen molar-refractivity contribution in [1.82, 2.24) is 0 Å². The monoisotopic (exact) mass is 202 g/mol. The van der Waals surface area contributed by atoms with Gasteiger partial charge in [0.05, 0.1) is 6.61 Å². The maximum atomic E-state index is 9.89. The summed E-state index contributed by atoms with van der Waals surface area (Å²) >= 11 is 0. The number of epoxide rings is 1. The Morgan fingerprint density at radius 2 is 1.93 bits per heavy atom. The van der Waals surface area contributed by atoms with Gasteiger partial charge in [-0.15, -0.1) is 0 Å². The van der Waals surface area contributed by atoms with Crippen molar-refractivity contribution in [1.29, 1.82) is 0 Å². The Hall–Kier alpha value is -0.200. The maximum Gasteiger partial charge on any atom is 0.190 e. The quantitative estimate of drug-likeness (QED) is 0.587. The van der Waals surface area contributed by atoms with E-state index in [1.54, 1.807) is 0 Å². The highest BCUT2D eigenvalue weighted by Gasteiger charge is 2.58. The molecule has 0 spiro atoms. The molecule has 1 N–H and O–H groups in total. The van der Waals surface area contributed by atoms with Crippen LogP contribution in [-0.2, 0) is 18.9 Å². The van der Waals surface area contributed by atoms with Crippen LogP contribution in [0.5, 0.6) is 0 Å². The van der Waals surface area contributed by atoms with Gasteiger partial charge in [-0.1, -0.05) is 0 Å². The lowest BCUT2D eigenvalue weighted by atomic mass is 10.1. The van der Waals surface area contributed by atoms with Crippen molar-refractivity contribution in [2.24, 2.45) is 0 Å². The first-order valence-corrected chi connectivity index (χ1v) is 4.88. The van der Waals surface area contributed by atoms with Gasteiger partial charge in [0.25, 0.3) is 0 Å². The molecule has 80 valence electrons. The maximum absolute atomic E-state index is 9.89. The van der Waals surface area contributed by atoms with E-state index in [4.69, 9.17) is 18.9 Å². The van der Waals surface area contributed by atoms with Gasteiger partial charge >= 0.3 is 0 Å². The number of aliphatic hydroxyl groups is 1. The molecular weight excluding hydrogens is 188 g/mol. The molecule has 3 saturated heterocycles. The van der Waals surface area contributed by atoms with E-state index in [1.807, 2.05) is 13.8 Å². The summed E-state index contributed by atoms with van der Waals surface area (Å²) in [4.78, 5) is 0. The highest BCUT2D eigenvalue weighted by molar-refractivity contribution is 4.98.